The normalized spacial score (nSPS) is 10.9. The Balaban J connectivity index is 1.95. The minimum atomic E-state index is 0.453. The van der Waals surface area contributed by atoms with E-state index in [-0.39, 0.29) is 0 Å². The van der Waals surface area contributed by atoms with Crippen molar-refractivity contribution in [3.8, 4) is 11.6 Å². The topological polar surface area (TPSA) is 64.3 Å². The number of hydrogen-bond acceptors (Lipinski definition) is 5. The van der Waals surface area contributed by atoms with Gasteiger partial charge < -0.3 is 10.1 Å². The maximum absolute atomic E-state index is 5.83. The van der Waals surface area contributed by atoms with Crippen molar-refractivity contribution in [2.24, 2.45) is 0 Å². The van der Waals surface area contributed by atoms with Crippen molar-refractivity contribution in [3.63, 3.8) is 0 Å². The summed E-state index contributed by atoms with van der Waals surface area (Å²) in [6.45, 7) is 2.68. The molecular formula is C14H15N5O. The van der Waals surface area contributed by atoms with Crippen molar-refractivity contribution in [1.82, 2.24) is 24.9 Å². The highest BCUT2D eigenvalue weighted by molar-refractivity contribution is 5.50. The quantitative estimate of drug-likeness (QED) is 0.784. The fraction of sp³-hybridized carbons (Fsp3) is 0.214. The zero-order valence-corrected chi connectivity index (χ0v) is 11.4. The van der Waals surface area contributed by atoms with Crippen LogP contribution in [0.25, 0.3) is 5.65 Å². The molecule has 0 aliphatic heterocycles. The van der Waals surface area contributed by atoms with Gasteiger partial charge in [-0.3, -0.25) is 4.40 Å². The van der Waals surface area contributed by atoms with Gasteiger partial charge in [-0.15, -0.1) is 10.2 Å². The van der Waals surface area contributed by atoms with Crippen LogP contribution in [-0.2, 0) is 6.54 Å². The highest BCUT2D eigenvalue weighted by atomic mass is 16.5. The highest BCUT2D eigenvalue weighted by Gasteiger charge is 2.09. The van der Waals surface area contributed by atoms with Crippen molar-refractivity contribution in [2.75, 3.05) is 7.05 Å². The van der Waals surface area contributed by atoms with Crippen molar-refractivity contribution in [3.05, 3.63) is 48.0 Å². The molecule has 0 atom stereocenters. The molecule has 0 saturated heterocycles. The number of rotatable bonds is 4. The second-order valence-corrected chi connectivity index (χ2v) is 4.45. The second kappa shape index (κ2) is 5.26. The Morgan fingerprint density at radius 2 is 2.20 bits per heavy atom. The molecule has 0 aliphatic carbocycles. The number of aryl methyl sites for hydroxylation is 1. The number of nitrogens with zero attached hydrogens (tertiary/aromatic N) is 4. The number of hydrogen-bond donors (Lipinski definition) is 1. The van der Waals surface area contributed by atoms with E-state index in [2.05, 4.69) is 20.5 Å². The molecule has 0 fully saturated rings. The molecule has 0 spiro atoms. The van der Waals surface area contributed by atoms with Gasteiger partial charge in [-0.05, 0) is 31.7 Å². The lowest BCUT2D eigenvalue weighted by Gasteiger charge is -2.07. The van der Waals surface area contributed by atoms with Gasteiger partial charge in [0.1, 0.15) is 11.6 Å². The molecular weight excluding hydrogens is 254 g/mol. The van der Waals surface area contributed by atoms with Gasteiger partial charge in [-0.25, -0.2) is 4.98 Å². The molecule has 1 N–H and O–H groups in total. The molecule has 6 heteroatoms. The minimum Gasteiger partial charge on any atom is -0.436 e. The lowest BCUT2D eigenvalue weighted by atomic mass is 10.2. The predicted octanol–water partition coefficient (Wildman–Crippen LogP) is 1.94. The van der Waals surface area contributed by atoms with Crippen LogP contribution in [0.2, 0.25) is 0 Å². The average Bonchev–Trinajstić information content (AvgIpc) is 2.83. The zero-order valence-electron chi connectivity index (χ0n) is 11.4. The lowest BCUT2D eigenvalue weighted by Crippen LogP contribution is -2.04. The molecule has 2 aromatic heterocycles. The van der Waals surface area contributed by atoms with Gasteiger partial charge in [0, 0.05) is 18.9 Å². The fourth-order valence-electron chi connectivity index (χ4n) is 2.03. The average molecular weight is 269 g/mol. The van der Waals surface area contributed by atoms with Crippen LogP contribution >= 0.6 is 0 Å². The molecule has 0 unspecified atom stereocenters. The van der Waals surface area contributed by atoms with Gasteiger partial charge in [0.25, 0.3) is 5.88 Å². The lowest BCUT2D eigenvalue weighted by molar-refractivity contribution is 0.464. The molecule has 3 aromatic rings. The second-order valence-electron chi connectivity index (χ2n) is 4.45. The number of aromatic nitrogens is 4. The Kier molecular flexibility index (Phi) is 3.30. The van der Waals surface area contributed by atoms with Gasteiger partial charge in [0.05, 0.1) is 0 Å². The summed E-state index contributed by atoms with van der Waals surface area (Å²) in [5.74, 6) is 1.99. The molecule has 3 rings (SSSR count). The van der Waals surface area contributed by atoms with Crippen molar-refractivity contribution in [2.45, 2.75) is 13.5 Å². The van der Waals surface area contributed by atoms with Crippen LogP contribution in [0.15, 0.2) is 36.7 Å². The number of nitrogens with one attached hydrogen (secondary N) is 1. The molecule has 2 heterocycles. The van der Waals surface area contributed by atoms with E-state index >= 15 is 0 Å². The van der Waals surface area contributed by atoms with Gasteiger partial charge in [0.15, 0.2) is 0 Å². The summed E-state index contributed by atoms with van der Waals surface area (Å²) in [6.07, 6.45) is 3.49. The van der Waals surface area contributed by atoms with Crippen LogP contribution in [0, 0.1) is 6.92 Å². The van der Waals surface area contributed by atoms with Crippen LogP contribution in [0.5, 0.6) is 11.6 Å². The third kappa shape index (κ3) is 2.33. The maximum atomic E-state index is 5.83. The summed E-state index contributed by atoms with van der Waals surface area (Å²) in [6, 6.07) is 7.87. The Morgan fingerprint density at radius 1 is 1.30 bits per heavy atom. The summed E-state index contributed by atoms with van der Waals surface area (Å²) >= 11 is 0. The van der Waals surface area contributed by atoms with Gasteiger partial charge in [-0.2, -0.15) is 0 Å². The number of fused-ring (bicyclic) bond motifs is 1. The van der Waals surface area contributed by atoms with E-state index in [0.29, 0.717) is 11.5 Å². The zero-order chi connectivity index (χ0) is 13.9. The Bertz CT molecular complexity index is 737. The molecule has 1 aromatic carbocycles. The van der Waals surface area contributed by atoms with E-state index < -0.39 is 0 Å². The van der Waals surface area contributed by atoms with E-state index in [4.69, 9.17) is 4.74 Å². The van der Waals surface area contributed by atoms with Gasteiger partial charge in [-0.1, -0.05) is 12.1 Å². The van der Waals surface area contributed by atoms with E-state index in [1.54, 1.807) is 6.20 Å². The first-order valence-corrected chi connectivity index (χ1v) is 6.35. The van der Waals surface area contributed by atoms with E-state index in [0.717, 1.165) is 23.7 Å². The summed E-state index contributed by atoms with van der Waals surface area (Å²) in [4.78, 5) is 4.23. The summed E-state index contributed by atoms with van der Waals surface area (Å²) in [5.41, 5.74) is 1.76. The first-order chi connectivity index (χ1) is 9.78. The fourth-order valence-corrected chi connectivity index (χ4v) is 2.03. The first kappa shape index (κ1) is 12.6. The first-order valence-electron chi connectivity index (χ1n) is 6.35. The largest absolute Gasteiger partial charge is 0.436 e. The van der Waals surface area contributed by atoms with Crippen molar-refractivity contribution < 1.29 is 4.74 Å². The monoisotopic (exact) mass is 269 g/mol. The van der Waals surface area contributed by atoms with Gasteiger partial charge in [0.2, 0.25) is 5.65 Å². The summed E-state index contributed by atoms with van der Waals surface area (Å²) in [7, 11) is 1.91. The summed E-state index contributed by atoms with van der Waals surface area (Å²) < 4.78 is 7.68. The molecule has 0 bridgehead atoms. The summed E-state index contributed by atoms with van der Waals surface area (Å²) in [5, 5.41) is 11.2. The van der Waals surface area contributed by atoms with Crippen LogP contribution < -0.4 is 10.1 Å². The molecule has 0 amide bonds. The van der Waals surface area contributed by atoms with E-state index in [1.165, 1.54) is 0 Å². The molecule has 20 heavy (non-hydrogen) atoms. The van der Waals surface area contributed by atoms with Crippen LogP contribution in [0.4, 0.5) is 0 Å². The molecule has 102 valence electrons. The Morgan fingerprint density at radius 3 is 3.05 bits per heavy atom. The SMILES string of the molecule is CNCc1cccc(Oc2nccn3c(C)nnc23)c1. The minimum absolute atomic E-state index is 0.453. The highest BCUT2D eigenvalue weighted by Crippen LogP contribution is 2.23. The molecule has 6 nitrogen and oxygen atoms in total. The van der Waals surface area contributed by atoms with Crippen LogP contribution in [-0.4, -0.2) is 26.6 Å². The number of ether oxygens (including phenoxy) is 1. The van der Waals surface area contributed by atoms with Crippen LogP contribution in [0.3, 0.4) is 0 Å². The maximum Gasteiger partial charge on any atom is 0.265 e. The van der Waals surface area contributed by atoms with Crippen LogP contribution in [0.1, 0.15) is 11.4 Å². The van der Waals surface area contributed by atoms with Crippen molar-refractivity contribution in [1.29, 1.82) is 0 Å². The predicted molar refractivity (Wildman–Crippen MR) is 74.8 cm³/mol. The third-order valence-electron chi connectivity index (χ3n) is 2.96. The Labute approximate surface area is 116 Å². The number of benzene rings is 1. The third-order valence-corrected chi connectivity index (χ3v) is 2.96. The smallest absolute Gasteiger partial charge is 0.265 e. The molecule has 0 radical (unpaired) electrons. The Hall–Kier alpha value is -2.47. The van der Waals surface area contributed by atoms with E-state index in [9.17, 15) is 0 Å². The van der Waals surface area contributed by atoms with Crippen molar-refractivity contribution >= 4 is 5.65 Å². The standard InChI is InChI=1S/C14H15N5O/c1-10-17-18-13-14(16-6-7-19(10)13)20-12-5-3-4-11(8-12)9-15-2/h3-8,15H,9H2,1-2H3. The van der Waals surface area contributed by atoms with Gasteiger partial charge >= 0.3 is 0 Å². The van der Waals surface area contributed by atoms with E-state index in [1.807, 2.05) is 48.8 Å². The molecule has 0 saturated carbocycles. The molecule has 0 aliphatic rings.